The van der Waals surface area contributed by atoms with Gasteiger partial charge in [0.25, 0.3) is 0 Å². The molecule has 1 aliphatic heterocycles. The standard InChI is InChI=1S/C17H24O3/c1-2-19-15-7-4-3-6-14(15)16(18)13-8-11-20-17(12-13)9-5-10-17/h3-4,6-7,13,16,18H,2,5,8-12H2,1H3. The lowest BCUT2D eigenvalue weighted by molar-refractivity contribution is -0.157. The quantitative estimate of drug-likeness (QED) is 0.915. The van der Waals surface area contributed by atoms with Gasteiger partial charge in [0.15, 0.2) is 0 Å². The van der Waals surface area contributed by atoms with Crippen molar-refractivity contribution in [3.05, 3.63) is 29.8 Å². The largest absolute Gasteiger partial charge is 0.493 e. The van der Waals surface area contributed by atoms with Crippen LogP contribution in [0.1, 0.15) is 50.7 Å². The monoisotopic (exact) mass is 276 g/mol. The highest BCUT2D eigenvalue weighted by molar-refractivity contribution is 5.35. The van der Waals surface area contributed by atoms with Crippen LogP contribution in [0.3, 0.4) is 0 Å². The van der Waals surface area contributed by atoms with E-state index >= 15 is 0 Å². The maximum absolute atomic E-state index is 10.8. The Labute approximate surface area is 120 Å². The van der Waals surface area contributed by atoms with E-state index in [1.807, 2.05) is 31.2 Å². The summed E-state index contributed by atoms with van der Waals surface area (Å²) in [5.74, 6) is 1.10. The summed E-state index contributed by atoms with van der Waals surface area (Å²) >= 11 is 0. The number of hydrogen-bond acceptors (Lipinski definition) is 3. The van der Waals surface area contributed by atoms with Crippen LogP contribution in [0.25, 0.3) is 0 Å². The molecule has 0 amide bonds. The third-order valence-corrected chi connectivity index (χ3v) is 4.78. The molecule has 110 valence electrons. The van der Waals surface area contributed by atoms with Gasteiger partial charge in [-0.15, -0.1) is 0 Å². The average molecular weight is 276 g/mol. The van der Waals surface area contributed by atoms with Gasteiger partial charge in [-0.1, -0.05) is 18.2 Å². The van der Waals surface area contributed by atoms with E-state index in [1.165, 1.54) is 6.42 Å². The molecule has 1 aromatic rings. The lowest BCUT2D eigenvalue weighted by atomic mass is 9.70. The van der Waals surface area contributed by atoms with Crippen molar-refractivity contribution in [1.29, 1.82) is 0 Å². The zero-order valence-electron chi connectivity index (χ0n) is 12.2. The number of ether oxygens (including phenoxy) is 2. The van der Waals surface area contributed by atoms with E-state index in [0.29, 0.717) is 6.61 Å². The molecule has 0 radical (unpaired) electrons. The summed E-state index contributed by atoms with van der Waals surface area (Å²) in [5, 5.41) is 10.8. The fourth-order valence-electron chi connectivity index (χ4n) is 3.52. The summed E-state index contributed by atoms with van der Waals surface area (Å²) in [6.07, 6.45) is 5.04. The minimum atomic E-state index is -0.445. The van der Waals surface area contributed by atoms with Gasteiger partial charge in [-0.3, -0.25) is 0 Å². The molecule has 3 nitrogen and oxygen atoms in total. The number of aliphatic hydroxyl groups is 1. The highest BCUT2D eigenvalue weighted by atomic mass is 16.5. The second-order valence-corrected chi connectivity index (χ2v) is 6.05. The molecular weight excluding hydrogens is 252 g/mol. The van der Waals surface area contributed by atoms with E-state index in [4.69, 9.17) is 9.47 Å². The van der Waals surface area contributed by atoms with Crippen molar-refractivity contribution in [2.24, 2.45) is 5.92 Å². The van der Waals surface area contributed by atoms with E-state index in [-0.39, 0.29) is 11.5 Å². The Bertz CT molecular complexity index is 453. The zero-order chi connectivity index (χ0) is 14.0. The van der Waals surface area contributed by atoms with Crippen LogP contribution in [0, 0.1) is 5.92 Å². The predicted molar refractivity (Wildman–Crippen MR) is 77.8 cm³/mol. The van der Waals surface area contributed by atoms with E-state index in [9.17, 15) is 5.11 Å². The van der Waals surface area contributed by atoms with Crippen LogP contribution in [0.4, 0.5) is 0 Å². The van der Waals surface area contributed by atoms with Crippen LogP contribution in [0.5, 0.6) is 5.75 Å². The molecule has 1 aromatic carbocycles. The molecule has 0 aromatic heterocycles. The second-order valence-electron chi connectivity index (χ2n) is 6.05. The van der Waals surface area contributed by atoms with E-state index in [1.54, 1.807) is 0 Å². The molecule has 1 spiro atoms. The first-order valence-corrected chi connectivity index (χ1v) is 7.78. The first kappa shape index (κ1) is 13.9. The van der Waals surface area contributed by atoms with Gasteiger partial charge in [0.1, 0.15) is 5.75 Å². The van der Waals surface area contributed by atoms with Gasteiger partial charge in [-0.25, -0.2) is 0 Å². The molecule has 1 saturated carbocycles. The van der Waals surface area contributed by atoms with Gasteiger partial charge in [-0.2, -0.15) is 0 Å². The summed E-state index contributed by atoms with van der Waals surface area (Å²) < 4.78 is 11.6. The van der Waals surface area contributed by atoms with Crippen LogP contribution in [-0.2, 0) is 4.74 Å². The summed E-state index contributed by atoms with van der Waals surface area (Å²) in [6, 6.07) is 7.86. The van der Waals surface area contributed by atoms with Crippen LogP contribution < -0.4 is 4.74 Å². The van der Waals surface area contributed by atoms with Crippen molar-refractivity contribution in [2.75, 3.05) is 13.2 Å². The first-order valence-electron chi connectivity index (χ1n) is 7.78. The number of hydrogen-bond donors (Lipinski definition) is 1. The lowest BCUT2D eigenvalue weighted by Gasteiger charge is -2.48. The second kappa shape index (κ2) is 5.74. The Morgan fingerprint density at radius 2 is 2.20 bits per heavy atom. The number of rotatable bonds is 4. The van der Waals surface area contributed by atoms with E-state index < -0.39 is 6.10 Å². The molecule has 2 aliphatic rings. The Balaban J connectivity index is 1.76. The van der Waals surface area contributed by atoms with Crippen LogP contribution >= 0.6 is 0 Å². The smallest absolute Gasteiger partial charge is 0.125 e. The summed E-state index contributed by atoms with van der Waals surface area (Å²) in [6.45, 7) is 3.38. The first-order chi connectivity index (χ1) is 9.74. The van der Waals surface area contributed by atoms with Crippen molar-refractivity contribution in [1.82, 2.24) is 0 Å². The van der Waals surface area contributed by atoms with Crippen molar-refractivity contribution < 1.29 is 14.6 Å². The topological polar surface area (TPSA) is 38.7 Å². The molecule has 0 bridgehead atoms. The molecule has 1 aliphatic carbocycles. The molecule has 1 heterocycles. The zero-order valence-corrected chi connectivity index (χ0v) is 12.2. The predicted octanol–water partition coefficient (Wildman–Crippen LogP) is 3.47. The van der Waals surface area contributed by atoms with Crippen molar-refractivity contribution >= 4 is 0 Å². The van der Waals surface area contributed by atoms with E-state index in [2.05, 4.69) is 0 Å². The molecule has 20 heavy (non-hydrogen) atoms. The minimum Gasteiger partial charge on any atom is -0.493 e. The molecule has 2 fully saturated rings. The van der Waals surface area contributed by atoms with E-state index in [0.717, 1.165) is 43.6 Å². The average Bonchev–Trinajstić information content (AvgIpc) is 2.46. The van der Waals surface area contributed by atoms with Crippen LogP contribution in [0.15, 0.2) is 24.3 Å². The summed E-state index contributed by atoms with van der Waals surface area (Å²) in [5.41, 5.74) is 1.00. The van der Waals surface area contributed by atoms with Gasteiger partial charge < -0.3 is 14.6 Å². The minimum absolute atomic E-state index is 0.0739. The van der Waals surface area contributed by atoms with Crippen LogP contribution in [0.2, 0.25) is 0 Å². The van der Waals surface area contributed by atoms with Crippen molar-refractivity contribution in [2.45, 2.75) is 50.7 Å². The van der Waals surface area contributed by atoms with Crippen molar-refractivity contribution in [3.8, 4) is 5.75 Å². The third kappa shape index (κ3) is 2.57. The Morgan fingerprint density at radius 1 is 1.40 bits per heavy atom. The third-order valence-electron chi connectivity index (χ3n) is 4.78. The highest BCUT2D eigenvalue weighted by Crippen LogP contribution is 2.47. The fourth-order valence-corrected chi connectivity index (χ4v) is 3.52. The normalized spacial score (nSPS) is 26.0. The summed E-state index contributed by atoms with van der Waals surface area (Å²) in [4.78, 5) is 0. The Hall–Kier alpha value is -1.06. The number of aliphatic hydroxyl groups excluding tert-OH is 1. The molecule has 2 unspecified atom stereocenters. The van der Waals surface area contributed by atoms with Crippen molar-refractivity contribution in [3.63, 3.8) is 0 Å². The van der Waals surface area contributed by atoms with Gasteiger partial charge in [-0.05, 0) is 51.0 Å². The van der Waals surface area contributed by atoms with Gasteiger partial charge in [0.2, 0.25) is 0 Å². The Morgan fingerprint density at radius 3 is 2.90 bits per heavy atom. The van der Waals surface area contributed by atoms with Gasteiger partial charge in [0.05, 0.1) is 18.3 Å². The maximum Gasteiger partial charge on any atom is 0.125 e. The molecule has 1 saturated heterocycles. The van der Waals surface area contributed by atoms with Crippen LogP contribution in [-0.4, -0.2) is 23.9 Å². The molecule has 2 atom stereocenters. The summed E-state index contributed by atoms with van der Waals surface area (Å²) in [7, 11) is 0. The number of benzene rings is 1. The van der Waals surface area contributed by atoms with Gasteiger partial charge >= 0.3 is 0 Å². The molecule has 3 rings (SSSR count). The fraction of sp³-hybridized carbons (Fsp3) is 0.647. The lowest BCUT2D eigenvalue weighted by Crippen LogP contribution is -2.46. The SMILES string of the molecule is CCOc1ccccc1C(O)C1CCOC2(CCC2)C1. The molecular formula is C17H24O3. The molecule has 1 N–H and O–H groups in total. The van der Waals surface area contributed by atoms with Gasteiger partial charge in [0, 0.05) is 12.2 Å². The Kier molecular flexibility index (Phi) is 3.99. The number of para-hydroxylation sites is 1. The highest BCUT2D eigenvalue weighted by Gasteiger charge is 2.44. The maximum atomic E-state index is 10.8. The molecule has 3 heteroatoms.